The van der Waals surface area contributed by atoms with Gasteiger partial charge in [-0.15, -0.1) is 11.8 Å². The predicted octanol–water partition coefficient (Wildman–Crippen LogP) is 1.17. The number of carboxylic acids is 1. The normalized spacial score (nSPS) is 10.6. The van der Waals surface area contributed by atoms with Crippen LogP contribution < -0.4 is 0 Å². The second kappa shape index (κ2) is 5.18. The summed E-state index contributed by atoms with van der Waals surface area (Å²) in [6.45, 7) is 2.29. The van der Waals surface area contributed by atoms with Crippen molar-refractivity contribution in [3.63, 3.8) is 0 Å². The van der Waals surface area contributed by atoms with Gasteiger partial charge in [-0.25, -0.2) is 4.79 Å². The van der Waals surface area contributed by atoms with E-state index in [-0.39, 0.29) is 0 Å². The van der Waals surface area contributed by atoms with E-state index in [2.05, 4.69) is 5.10 Å². The van der Waals surface area contributed by atoms with Crippen molar-refractivity contribution >= 4 is 17.7 Å². The van der Waals surface area contributed by atoms with Crippen molar-refractivity contribution in [2.24, 2.45) is 7.05 Å². The minimum absolute atomic E-state index is 0.290. The van der Waals surface area contributed by atoms with Crippen LogP contribution in [0, 0.1) is 6.92 Å². The zero-order valence-corrected chi connectivity index (χ0v) is 9.80. The van der Waals surface area contributed by atoms with E-state index in [0.717, 1.165) is 5.75 Å². The Morgan fingerprint density at radius 1 is 1.67 bits per heavy atom. The van der Waals surface area contributed by atoms with Crippen LogP contribution in [0.4, 0.5) is 0 Å². The number of rotatable bonds is 5. The third kappa shape index (κ3) is 2.73. The van der Waals surface area contributed by atoms with E-state index >= 15 is 0 Å². The van der Waals surface area contributed by atoms with Crippen molar-refractivity contribution in [3.8, 4) is 0 Å². The molecule has 0 saturated carbocycles. The lowest BCUT2D eigenvalue weighted by Gasteiger charge is -2.02. The number of carboxylic acid groups (broad SMARTS) is 1. The smallest absolute Gasteiger partial charge is 0.340 e. The number of ether oxygens (including phenoxy) is 1. The molecule has 0 aliphatic heterocycles. The summed E-state index contributed by atoms with van der Waals surface area (Å²) in [7, 11) is 3.36. The van der Waals surface area contributed by atoms with E-state index in [1.807, 2.05) is 0 Å². The number of aryl methyl sites for hydroxylation is 2. The molecule has 1 rings (SSSR count). The number of aromatic nitrogens is 2. The molecular formula is C9H14N2O3S. The molecule has 0 aliphatic rings. The second-order valence-electron chi connectivity index (χ2n) is 3.04. The Hall–Kier alpha value is -1.01. The fourth-order valence-electron chi connectivity index (χ4n) is 1.27. The van der Waals surface area contributed by atoms with Crippen LogP contribution in [0.15, 0.2) is 5.03 Å². The molecule has 0 atom stereocenters. The van der Waals surface area contributed by atoms with Gasteiger partial charge in [-0.3, -0.25) is 4.68 Å². The van der Waals surface area contributed by atoms with Gasteiger partial charge in [0, 0.05) is 19.9 Å². The number of methoxy groups -OCH3 is 1. The average Bonchev–Trinajstić information content (AvgIpc) is 2.42. The number of thioether (sulfide) groups is 1. The summed E-state index contributed by atoms with van der Waals surface area (Å²) in [4.78, 5) is 11.0. The molecule has 5 nitrogen and oxygen atoms in total. The molecule has 0 spiro atoms. The summed E-state index contributed by atoms with van der Waals surface area (Å²) in [5.41, 5.74) is 0.837. The fraction of sp³-hybridized carbons (Fsp3) is 0.556. The minimum atomic E-state index is -0.930. The molecule has 15 heavy (non-hydrogen) atoms. The van der Waals surface area contributed by atoms with Crippen LogP contribution in [0.3, 0.4) is 0 Å². The van der Waals surface area contributed by atoms with Crippen LogP contribution in [0.5, 0.6) is 0 Å². The van der Waals surface area contributed by atoms with Crippen LogP contribution in [-0.4, -0.2) is 40.3 Å². The van der Waals surface area contributed by atoms with Crippen LogP contribution >= 0.6 is 11.8 Å². The van der Waals surface area contributed by atoms with E-state index in [4.69, 9.17) is 9.84 Å². The SMILES string of the molecule is COCCSc1c(C(=O)O)c(C)nn1C. The Morgan fingerprint density at radius 2 is 2.33 bits per heavy atom. The molecule has 0 aliphatic carbocycles. The highest BCUT2D eigenvalue weighted by Gasteiger charge is 2.19. The van der Waals surface area contributed by atoms with Gasteiger partial charge in [0.2, 0.25) is 0 Å². The first-order valence-electron chi connectivity index (χ1n) is 4.46. The lowest BCUT2D eigenvalue weighted by molar-refractivity contribution is 0.0692. The monoisotopic (exact) mass is 230 g/mol. The third-order valence-electron chi connectivity index (χ3n) is 1.91. The van der Waals surface area contributed by atoms with Crippen molar-refractivity contribution in [2.75, 3.05) is 19.5 Å². The second-order valence-corrected chi connectivity index (χ2v) is 4.12. The molecule has 0 unspecified atom stereocenters. The van der Waals surface area contributed by atoms with Gasteiger partial charge in [0.15, 0.2) is 0 Å². The number of hydrogen-bond acceptors (Lipinski definition) is 4. The van der Waals surface area contributed by atoms with Gasteiger partial charge in [-0.2, -0.15) is 5.10 Å². The fourth-order valence-corrected chi connectivity index (χ4v) is 2.32. The quantitative estimate of drug-likeness (QED) is 0.607. The van der Waals surface area contributed by atoms with Crippen LogP contribution in [-0.2, 0) is 11.8 Å². The Morgan fingerprint density at radius 3 is 2.87 bits per heavy atom. The molecule has 1 aromatic rings. The van der Waals surface area contributed by atoms with Gasteiger partial charge in [0.1, 0.15) is 10.6 Å². The van der Waals surface area contributed by atoms with Crippen molar-refractivity contribution in [2.45, 2.75) is 11.9 Å². The van der Waals surface area contributed by atoms with Gasteiger partial charge in [-0.05, 0) is 6.92 Å². The molecule has 1 aromatic heterocycles. The molecule has 0 amide bonds. The van der Waals surface area contributed by atoms with Crippen molar-refractivity contribution < 1.29 is 14.6 Å². The molecule has 0 bridgehead atoms. The van der Waals surface area contributed by atoms with E-state index in [0.29, 0.717) is 22.9 Å². The lowest BCUT2D eigenvalue weighted by atomic mass is 10.3. The first kappa shape index (κ1) is 12.1. The van der Waals surface area contributed by atoms with Crippen LogP contribution in [0.2, 0.25) is 0 Å². The van der Waals surface area contributed by atoms with Gasteiger partial charge in [0.05, 0.1) is 12.3 Å². The number of carbonyl (C=O) groups is 1. The van der Waals surface area contributed by atoms with Gasteiger partial charge >= 0.3 is 5.97 Å². The Balaban J connectivity index is 2.89. The van der Waals surface area contributed by atoms with Gasteiger partial charge < -0.3 is 9.84 Å². The predicted molar refractivity (Wildman–Crippen MR) is 57.5 cm³/mol. The van der Waals surface area contributed by atoms with Crippen molar-refractivity contribution in [1.82, 2.24) is 9.78 Å². The molecule has 0 saturated heterocycles. The largest absolute Gasteiger partial charge is 0.478 e. The first-order valence-corrected chi connectivity index (χ1v) is 5.45. The molecule has 1 heterocycles. The molecule has 0 aromatic carbocycles. The van der Waals surface area contributed by atoms with E-state index in [1.54, 1.807) is 25.8 Å². The Kier molecular flexibility index (Phi) is 4.16. The highest BCUT2D eigenvalue weighted by molar-refractivity contribution is 7.99. The summed E-state index contributed by atoms with van der Waals surface area (Å²) < 4.78 is 6.51. The van der Waals surface area contributed by atoms with Crippen molar-refractivity contribution in [1.29, 1.82) is 0 Å². The topological polar surface area (TPSA) is 64.3 Å². The molecule has 84 valence electrons. The summed E-state index contributed by atoms with van der Waals surface area (Å²) >= 11 is 1.44. The summed E-state index contributed by atoms with van der Waals surface area (Å²) in [5, 5.41) is 13.8. The van der Waals surface area contributed by atoms with E-state index < -0.39 is 5.97 Å². The summed E-state index contributed by atoms with van der Waals surface area (Å²) in [6, 6.07) is 0. The number of aromatic carboxylic acids is 1. The zero-order chi connectivity index (χ0) is 11.4. The molecule has 1 N–H and O–H groups in total. The maximum atomic E-state index is 11.0. The first-order chi connectivity index (χ1) is 7.07. The standard InChI is InChI=1S/C9H14N2O3S/c1-6-7(9(12)13)8(11(2)10-6)15-5-4-14-3/h4-5H2,1-3H3,(H,12,13). The maximum Gasteiger partial charge on any atom is 0.340 e. The summed E-state index contributed by atoms with van der Waals surface area (Å²) in [5.74, 6) is -0.212. The van der Waals surface area contributed by atoms with Crippen LogP contribution in [0.1, 0.15) is 16.1 Å². The third-order valence-corrected chi connectivity index (χ3v) is 3.02. The maximum absolute atomic E-state index is 11.0. The number of hydrogen-bond donors (Lipinski definition) is 1. The zero-order valence-electron chi connectivity index (χ0n) is 8.98. The highest BCUT2D eigenvalue weighted by atomic mass is 32.2. The number of nitrogens with zero attached hydrogens (tertiary/aromatic N) is 2. The Bertz CT molecular complexity index is 362. The average molecular weight is 230 g/mol. The minimum Gasteiger partial charge on any atom is -0.478 e. The van der Waals surface area contributed by atoms with Crippen LogP contribution in [0.25, 0.3) is 0 Å². The van der Waals surface area contributed by atoms with E-state index in [9.17, 15) is 4.79 Å². The van der Waals surface area contributed by atoms with Crippen molar-refractivity contribution in [3.05, 3.63) is 11.3 Å². The summed E-state index contributed by atoms with van der Waals surface area (Å²) in [6.07, 6.45) is 0. The lowest BCUT2D eigenvalue weighted by Crippen LogP contribution is -2.02. The molecule has 0 radical (unpaired) electrons. The molecular weight excluding hydrogens is 216 g/mol. The Labute approximate surface area is 92.4 Å². The highest BCUT2D eigenvalue weighted by Crippen LogP contribution is 2.24. The molecule has 6 heteroatoms. The van der Waals surface area contributed by atoms with E-state index in [1.165, 1.54) is 11.8 Å². The van der Waals surface area contributed by atoms with Gasteiger partial charge in [0.25, 0.3) is 0 Å². The molecule has 0 fully saturated rings. The van der Waals surface area contributed by atoms with Gasteiger partial charge in [-0.1, -0.05) is 0 Å².